The number of nitrogens with zero attached hydrogens (tertiary/aromatic N) is 2. The fourth-order valence-corrected chi connectivity index (χ4v) is 2.77. The van der Waals surface area contributed by atoms with E-state index in [-0.39, 0.29) is 23.4 Å². The van der Waals surface area contributed by atoms with Gasteiger partial charge in [-0.1, -0.05) is 19.1 Å². The lowest BCUT2D eigenvalue weighted by Crippen LogP contribution is -2.52. The van der Waals surface area contributed by atoms with Crippen LogP contribution in [0.5, 0.6) is 0 Å². The minimum atomic E-state index is -0.518. The normalized spacial score (nSPS) is 17.8. The van der Waals surface area contributed by atoms with Gasteiger partial charge in [-0.15, -0.1) is 0 Å². The van der Waals surface area contributed by atoms with Gasteiger partial charge in [-0.25, -0.2) is 4.39 Å². The maximum Gasteiger partial charge on any atom is 0.254 e. The van der Waals surface area contributed by atoms with Crippen LogP contribution in [-0.4, -0.2) is 66.9 Å². The number of rotatable bonds is 6. The zero-order valence-corrected chi connectivity index (χ0v) is 14.9. The summed E-state index contributed by atoms with van der Waals surface area (Å²) >= 11 is 0. The highest BCUT2D eigenvalue weighted by molar-refractivity contribution is 5.94. The molecule has 25 heavy (non-hydrogen) atoms. The molecule has 1 fully saturated rings. The standard InChI is InChI=1S/C18H27FN4O2/c1-13(14(2)20)18(25)23-11-9-22(10-12-23)8-7-21-17(24)15-5-3-4-6-16(15)19/h3-6,13-14H,7-12,20H2,1-2H3,(H,21,24). The van der Waals surface area contributed by atoms with Crippen LogP contribution in [-0.2, 0) is 4.79 Å². The Balaban J connectivity index is 1.71. The molecule has 0 aliphatic carbocycles. The van der Waals surface area contributed by atoms with Gasteiger partial charge in [0.2, 0.25) is 5.91 Å². The summed E-state index contributed by atoms with van der Waals surface area (Å²) in [5, 5.41) is 2.74. The predicted molar refractivity (Wildman–Crippen MR) is 94.6 cm³/mol. The molecule has 1 aromatic rings. The minimum Gasteiger partial charge on any atom is -0.351 e. The summed E-state index contributed by atoms with van der Waals surface area (Å²) in [5.74, 6) is -0.998. The lowest BCUT2D eigenvalue weighted by Gasteiger charge is -2.36. The van der Waals surface area contributed by atoms with E-state index in [9.17, 15) is 14.0 Å². The third-order valence-corrected chi connectivity index (χ3v) is 4.69. The van der Waals surface area contributed by atoms with Crippen LogP contribution in [0.1, 0.15) is 24.2 Å². The summed E-state index contributed by atoms with van der Waals surface area (Å²) < 4.78 is 13.5. The molecule has 1 aromatic carbocycles. The first-order valence-electron chi connectivity index (χ1n) is 8.69. The van der Waals surface area contributed by atoms with Crippen molar-refractivity contribution in [2.75, 3.05) is 39.3 Å². The Bertz CT molecular complexity index is 600. The van der Waals surface area contributed by atoms with E-state index in [1.807, 2.05) is 18.7 Å². The van der Waals surface area contributed by atoms with Crippen LogP contribution < -0.4 is 11.1 Å². The summed E-state index contributed by atoms with van der Waals surface area (Å²) in [4.78, 5) is 28.3. The van der Waals surface area contributed by atoms with Crippen molar-refractivity contribution >= 4 is 11.8 Å². The molecule has 0 bridgehead atoms. The molecule has 2 atom stereocenters. The van der Waals surface area contributed by atoms with Crippen LogP contribution >= 0.6 is 0 Å². The topological polar surface area (TPSA) is 78.7 Å². The Kier molecular flexibility index (Phi) is 6.90. The van der Waals surface area contributed by atoms with Crippen molar-refractivity contribution < 1.29 is 14.0 Å². The number of halogens is 1. The van der Waals surface area contributed by atoms with Crippen LogP contribution in [0.2, 0.25) is 0 Å². The molecule has 2 rings (SSSR count). The molecule has 1 saturated heterocycles. The molecule has 0 aromatic heterocycles. The summed E-state index contributed by atoms with van der Waals surface area (Å²) in [5.41, 5.74) is 5.86. The molecule has 3 N–H and O–H groups in total. The number of carbonyl (C=O) groups excluding carboxylic acids is 2. The molecule has 0 spiro atoms. The van der Waals surface area contributed by atoms with Crippen molar-refractivity contribution in [3.8, 4) is 0 Å². The highest BCUT2D eigenvalue weighted by atomic mass is 19.1. The van der Waals surface area contributed by atoms with Crippen molar-refractivity contribution in [2.24, 2.45) is 11.7 Å². The Labute approximate surface area is 148 Å². The fraction of sp³-hybridized carbons (Fsp3) is 0.556. The number of benzene rings is 1. The van der Waals surface area contributed by atoms with Crippen molar-refractivity contribution in [2.45, 2.75) is 19.9 Å². The molecule has 0 saturated carbocycles. The van der Waals surface area contributed by atoms with Gasteiger partial charge in [0.05, 0.1) is 11.5 Å². The van der Waals surface area contributed by atoms with Crippen molar-refractivity contribution in [3.63, 3.8) is 0 Å². The average molecular weight is 350 g/mol. The summed E-state index contributed by atoms with van der Waals surface area (Å²) in [6, 6.07) is 5.78. The summed E-state index contributed by atoms with van der Waals surface area (Å²) in [6.45, 7) is 7.66. The number of nitrogens with two attached hydrogens (primary N) is 1. The molecule has 2 unspecified atom stereocenters. The maximum atomic E-state index is 13.5. The zero-order valence-electron chi connectivity index (χ0n) is 14.9. The lowest BCUT2D eigenvalue weighted by molar-refractivity contribution is -0.137. The van der Waals surface area contributed by atoms with E-state index < -0.39 is 11.7 Å². The molecule has 1 heterocycles. The van der Waals surface area contributed by atoms with E-state index in [1.54, 1.807) is 12.1 Å². The Morgan fingerprint density at radius 2 is 1.84 bits per heavy atom. The first-order chi connectivity index (χ1) is 11.9. The molecule has 7 heteroatoms. The zero-order chi connectivity index (χ0) is 18.4. The molecule has 1 aliphatic heterocycles. The molecule has 2 amide bonds. The third kappa shape index (κ3) is 5.24. The van der Waals surface area contributed by atoms with Gasteiger partial charge in [0.25, 0.3) is 5.91 Å². The smallest absolute Gasteiger partial charge is 0.254 e. The second-order valence-electron chi connectivity index (χ2n) is 6.55. The third-order valence-electron chi connectivity index (χ3n) is 4.69. The quantitative estimate of drug-likeness (QED) is 0.791. The van der Waals surface area contributed by atoms with E-state index in [0.29, 0.717) is 26.2 Å². The first kappa shape index (κ1) is 19.3. The van der Waals surface area contributed by atoms with E-state index in [1.165, 1.54) is 12.1 Å². The van der Waals surface area contributed by atoms with Crippen LogP contribution in [0.4, 0.5) is 4.39 Å². The van der Waals surface area contributed by atoms with E-state index in [4.69, 9.17) is 5.73 Å². The molecule has 6 nitrogen and oxygen atoms in total. The van der Waals surface area contributed by atoms with Gasteiger partial charge in [-0.3, -0.25) is 14.5 Å². The molecular formula is C18H27FN4O2. The lowest BCUT2D eigenvalue weighted by atomic mass is 10.0. The number of carbonyl (C=O) groups is 2. The summed E-state index contributed by atoms with van der Waals surface area (Å²) in [6.07, 6.45) is 0. The van der Waals surface area contributed by atoms with Gasteiger partial charge in [0.15, 0.2) is 0 Å². The highest BCUT2D eigenvalue weighted by Gasteiger charge is 2.26. The monoisotopic (exact) mass is 350 g/mol. The predicted octanol–water partition coefficient (Wildman–Crippen LogP) is 0.683. The Morgan fingerprint density at radius 3 is 2.44 bits per heavy atom. The van der Waals surface area contributed by atoms with Crippen LogP contribution in [0.3, 0.4) is 0 Å². The number of hydrogen-bond acceptors (Lipinski definition) is 4. The van der Waals surface area contributed by atoms with Gasteiger partial charge >= 0.3 is 0 Å². The first-order valence-corrected chi connectivity index (χ1v) is 8.69. The molecule has 1 aliphatic rings. The summed E-state index contributed by atoms with van der Waals surface area (Å²) in [7, 11) is 0. The Hall–Kier alpha value is -1.99. The number of nitrogens with one attached hydrogen (secondary N) is 1. The van der Waals surface area contributed by atoms with Gasteiger partial charge in [-0.05, 0) is 19.1 Å². The van der Waals surface area contributed by atoms with E-state index in [0.717, 1.165) is 13.1 Å². The second kappa shape index (κ2) is 8.92. The molecule has 138 valence electrons. The SMILES string of the molecule is CC(N)C(C)C(=O)N1CCN(CCNC(=O)c2ccccc2F)CC1. The number of hydrogen-bond donors (Lipinski definition) is 2. The number of amides is 2. The van der Waals surface area contributed by atoms with Crippen LogP contribution in [0, 0.1) is 11.7 Å². The van der Waals surface area contributed by atoms with Crippen LogP contribution in [0.15, 0.2) is 24.3 Å². The maximum absolute atomic E-state index is 13.5. The van der Waals surface area contributed by atoms with Crippen molar-refractivity contribution in [1.29, 1.82) is 0 Å². The molecule has 0 radical (unpaired) electrons. The van der Waals surface area contributed by atoms with Gasteiger partial charge in [0.1, 0.15) is 5.82 Å². The van der Waals surface area contributed by atoms with E-state index >= 15 is 0 Å². The van der Waals surface area contributed by atoms with Crippen LogP contribution in [0.25, 0.3) is 0 Å². The van der Waals surface area contributed by atoms with E-state index in [2.05, 4.69) is 10.2 Å². The largest absolute Gasteiger partial charge is 0.351 e. The highest BCUT2D eigenvalue weighted by Crippen LogP contribution is 2.10. The fourth-order valence-electron chi connectivity index (χ4n) is 2.77. The minimum absolute atomic E-state index is 0.0582. The molecular weight excluding hydrogens is 323 g/mol. The van der Waals surface area contributed by atoms with Gasteiger partial charge < -0.3 is 16.0 Å². The number of piperazine rings is 1. The second-order valence-corrected chi connectivity index (χ2v) is 6.55. The van der Waals surface area contributed by atoms with Gasteiger partial charge in [-0.2, -0.15) is 0 Å². The van der Waals surface area contributed by atoms with Crippen molar-refractivity contribution in [1.82, 2.24) is 15.1 Å². The Morgan fingerprint density at radius 1 is 1.20 bits per heavy atom. The van der Waals surface area contributed by atoms with Gasteiger partial charge in [0, 0.05) is 45.3 Å². The average Bonchev–Trinajstić information content (AvgIpc) is 2.61. The van der Waals surface area contributed by atoms with Crippen molar-refractivity contribution in [3.05, 3.63) is 35.6 Å².